The molecule has 0 bridgehead atoms. The minimum atomic E-state index is -3.63. The third-order valence-corrected chi connectivity index (χ3v) is 6.21. The van der Waals surface area contributed by atoms with Crippen LogP contribution in [0, 0.1) is 0 Å². The van der Waals surface area contributed by atoms with Crippen molar-refractivity contribution < 1.29 is 17.9 Å². The summed E-state index contributed by atoms with van der Waals surface area (Å²) in [5, 5.41) is 2.78. The highest BCUT2D eigenvalue weighted by Crippen LogP contribution is 2.22. The standard InChI is InChI=1S/C21H28N4O4S/c1-23-12-14-24(15-13-23)18-6-4-17(5-7-18)22-21(26)16-25(30(3,27)28)19-8-10-20(29-2)11-9-19/h4-11H,12-16H2,1-3H3,(H,22,26). The summed E-state index contributed by atoms with van der Waals surface area (Å²) in [4.78, 5) is 17.1. The summed E-state index contributed by atoms with van der Waals surface area (Å²) in [5.41, 5.74) is 2.14. The lowest BCUT2D eigenvalue weighted by Gasteiger charge is -2.34. The van der Waals surface area contributed by atoms with Crippen LogP contribution in [-0.2, 0) is 14.8 Å². The molecule has 1 amide bonds. The predicted molar refractivity (Wildman–Crippen MR) is 120 cm³/mol. The number of sulfonamides is 1. The van der Waals surface area contributed by atoms with Gasteiger partial charge in [0, 0.05) is 37.6 Å². The average Bonchev–Trinajstić information content (AvgIpc) is 2.72. The molecule has 0 saturated carbocycles. The van der Waals surface area contributed by atoms with Crippen molar-refractivity contribution in [1.29, 1.82) is 0 Å². The third kappa shape index (κ3) is 5.64. The van der Waals surface area contributed by atoms with Gasteiger partial charge in [-0.25, -0.2) is 8.42 Å². The maximum absolute atomic E-state index is 12.5. The van der Waals surface area contributed by atoms with Crippen LogP contribution in [0.5, 0.6) is 5.75 Å². The number of nitrogens with one attached hydrogen (secondary N) is 1. The Labute approximate surface area is 178 Å². The SMILES string of the molecule is COc1ccc(N(CC(=O)Nc2ccc(N3CCN(C)CC3)cc2)S(C)(=O)=O)cc1. The molecule has 1 N–H and O–H groups in total. The van der Waals surface area contributed by atoms with Crippen LogP contribution in [0.3, 0.4) is 0 Å². The molecule has 3 rings (SSSR count). The van der Waals surface area contributed by atoms with E-state index in [1.807, 2.05) is 24.3 Å². The second kappa shape index (κ2) is 9.36. The number of piperazine rings is 1. The maximum atomic E-state index is 12.5. The van der Waals surface area contributed by atoms with Gasteiger partial charge in [-0.1, -0.05) is 0 Å². The van der Waals surface area contributed by atoms with Crippen molar-refractivity contribution in [2.24, 2.45) is 0 Å². The summed E-state index contributed by atoms with van der Waals surface area (Å²) in [5.74, 6) is 0.195. The number of likely N-dealkylation sites (N-methyl/N-ethyl adjacent to an activating group) is 1. The largest absolute Gasteiger partial charge is 0.497 e. The van der Waals surface area contributed by atoms with Gasteiger partial charge in [0.15, 0.2) is 0 Å². The molecule has 8 nitrogen and oxygen atoms in total. The molecule has 1 aliphatic rings. The molecule has 0 aliphatic carbocycles. The normalized spacial score (nSPS) is 15.0. The molecule has 30 heavy (non-hydrogen) atoms. The van der Waals surface area contributed by atoms with E-state index in [0.29, 0.717) is 17.1 Å². The fourth-order valence-electron chi connectivity index (χ4n) is 3.30. The first kappa shape index (κ1) is 21.9. The number of amides is 1. The van der Waals surface area contributed by atoms with Gasteiger partial charge in [-0.15, -0.1) is 0 Å². The number of carbonyl (C=O) groups excluding carboxylic acids is 1. The predicted octanol–water partition coefficient (Wildman–Crippen LogP) is 1.85. The van der Waals surface area contributed by atoms with E-state index in [-0.39, 0.29) is 6.54 Å². The monoisotopic (exact) mass is 432 g/mol. The molecular formula is C21H28N4O4S. The lowest BCUT2D eigenvalue weighted by molar-refractivity contribution is -0.114. The lowest BCUT2D eigenvalue weighted by Crippen LogP contribution is -2.44. The van der Waals surface area contributed by atoms with Gasteiger partial charge < -0.3 is 19.9 Å². The van der Waals surface area contributed by atoms with E-state index in [2.05, 4.69) is 22.2 Å². The van der Waals surface area contributed by atoms with E-state index in [9.17, 15) is 13.2 Å². The molecule has 0 radical (unpaired) electrons. The number of carbonyl (C=O) groups is 1. The number of hydrogen-bond acceptors (Lipinski definition) is 6. The van der Waals surface area contributed by atoms with Crippen molar-refractivity contribution in [1.82, 2.24) is 4.90 Å². The summed E-state index contributed by atoms with van der Waals surface area (Å²) in [6.45, 7) is 3.66. The Morgan fingerprint density at radius 1 is 1.03 bits per heavy atom. The van der Waals surface area contributed by atoms with Crippen LogP contribution < -0.4 is 19.3 Å². The number of anilines is 3. The number of rotatable bonds is 7. The van der Waals surface area contributed by atoms with Crippen LogP contribution in [0.2, 0.25) is 0 Å². The number of methoxy groups -OCH3 is 1. The summed E-state index contributed by atoms with van der Waals surface area (Å²) in [6.07, 6.45) is 1.08. The molecule has 0 unspecified atom stereocenters. The van der Waals surface area contributed by atoms with Crippen LogP contribution in [0.1, 0.15) is 0 Å². The number of nitrogens with zero attached hydrogens (tertiary/aromatic N) is 3. The smallest absolute Gasteiger partial charge is 0.245 e. The molecule has 1 aliphatic heterocycles. The topological polar surface area (TPSA) is 82.2 Å². The molecule has 1 saturated heterocycles. The van der Waals surface area contributed by atoms with E-state index in [1.165, 1.54) is 7.11 Å². The molecule has 0 aromatic heterocycles. The molecule has 1 heterocycles. The van der Waals surface area contributed by atoms with E-state index in [4.69, 9.17) is 4.74 Å². The Kier molecular flexibility index (Phi) is 6.84. The molecule has 1 fully saturated rings. The highest BCUT2D eigenvalue weighted by molar-refractivity contribution is 7.92. The van der Waals surface area contributed by atoms with Crippen LogP contribution >= 0.6 is 0 Å². The second-order valence-electron chi connectivity index (χ2n) is 7.35. The van der Waals surface area contributed by atoms with E-state index < -0.39 is 15.9 Å². The average molecular weight is 433 g/mol. The number of hydrogen-bond donors (Lipinski definition) is 1. The summed E-state index contributed by atoms with van der Waals surface area (Å²) >= 11 is 0. The van der Waals surface area contributed by atoms with Gasteiger partial charge in [0.2, 0.25) is 15.9 Å². The van der Waals surface area contributed by atoms with Gasteiger partial charge in [0.1, 0.15) is 12.3 Å². The van der Waals surface area contributed by atoms with Crippen LogP contribution in [0.4, 0.5) is 17.1 Å². The number of ether oxygens (including phenoxy) is 1. The Morgan fingerprint density at radius 2 is 1.63 bits per heavy atom. The molecule has 0 spiro atoms. The first-order valence-electron chi connectivity index (χ1n) is 9.71. The highest BCUT2D eigenvalue weighted by atomic mass is 32.2. The molecular weight excluding hydrogens is 404 g/mol. The lowest BCUT2D eigenvalue weighted by atomic mass is 10.2. The first-order chi connectivity index (χ1) is 14.3. The Bertz CT molecular complexity index is 954. The van der Waals surface area contributed by atoms with Gasteiger partial charge in [0.25, 0.3) is 0 Å². The summed E-state index contributed by atoms with van der Waals surface area (Å²) in [7, 11) is 0.0167. The van der Waals surface area contributed by atoms with Gasteiger partial charge in [-0.05, 0) is 55.6 Å². The Balaban J connectivity index is 1.65. The van der Waals surface area contributed by atoms with Crippen molar-refractivity contribution in [2.45, 2.75) is 0 Å². The van der Waals surface area contributed by atoms with Crippen molar-refractivity contribution in [3.63, 3.8) is 0 Å². The van der Waals surface area contributed by atoms with Gasteiger partial charge in [-0.2, -0.15) is 0 Å². The van der Waals surface area contributed by atoms with E-state index in [0.717, 1.165) is 42.4 Å². The van der Waals surface area contributed by atoms with Gasteiger partial charge in [-0.3, -0.25) is 9.10 Å². The zero-order chi connectivity index (χ0) is 21.7. The van der Waals surface area contributed by atoms with Crippen LogP contribution in [0.15, 0.2) is 48.5 Å². The van der Waals surface area contributed by atoms with E-state index in [1.54, 1.807) is 24.3 Å². The van der Waals surface area contributed by atoms with E-state index >= 15 is 0 Å². The maximum Gasteiger partial charge on any atom is 0.245 e. The third-order valence-electron chi connectivity index (χ3n) is 5.07. The molecule has 9 heteroatoms. The second-order valence-corrected chi connectivity index (χ2v) is 9.26. The molecule has 162 valence electrons. The van der Waals surface area contributed by atoms with Gasteiger partial charge >= 0.3 is 0 Å². The minimum absolute atomic E-state index is 0.314. The minimum Gasteiger partial charge on any atom is -0.497 e. The van der Waals surface area contributed by atoms with Crippen LogP contribution in [0.25, 0.3) is 0 Å². The van der Waals surface area contributed by atoms with Gasteiger partial charge in [0.05, 0.1) is 19.1 Å². The van der Waals surface area contributed by atoms with Crippen LogP contribution in [-0.4, -0.2) is 72.4 Å². The van der Waals surface area contributed by atoms with Crippen molar-refractivity contribution in [2.75, 3.05) is 67.7 Å². The fourth-order valence-corrected chi connectivity index (χ4v) is 4.16. The fraction of sp³-hybridized carbons (Fsp3) is 0.381. The zero-order valence-corrected chi connectivity index (χ0v) is 18.4. The summed E-state index contributed by atoms with van der Waals surface area (Å²) < 4.78 is 30.6. The molecule has 2 aromatic rings. The van der Waals surface area contributed by atoms with Crippen molar-refractivity contribution >= 4 is 33.0 Å². The Hall–Kier alpha value is -2.78. The highest BCUT2D eigenvalue weighted by Gasteiger charge is 2.21. The zero-order valence-electron chi connectivity index (χ0n) is 17.5. The number of benzene rings is 2. The summed E-state index contributed by atoms with van der Waals surface area (Å²) in [6, 6.07) is 14.1. The molecule has 2 aromatic carbocycles. The first-order valence-corrected chi connectivity index (χ1v) is 11.6. The Morgan fingerprint density at radius 3 is 2.17 bits per heavy atom. The molecule has 0 atom stereocenters. The van der Waals surface area contributed by atoms with Crippen molar-refractivity contribution in [3.05, 3.63) is 48.5 Å². The van der Waals surface area contributed by atoms with Crippen molar-refractivity contribution in [3.8, 4) is 5.75 Å². The quantitative estimate of drug-likeness (QED) is 0.719.